The van der Waals surface area contributed by atoms with Crippen molar-refractivity contribution in [2.45, 2.75) is 32.9 Å². The minimum absolute atomic E-state index is 0.0543. The van der Waals surface area contributed by atoms with E-state index in [1.807, 2.05) is 0 Å². The van der Waals surface area contributed by atoms with Gasteiger partial charge in [0.1, 0.15) is 0 Å². The molecule has 0 aliphatic carbocycles. The largest absolute Gasteiger partial charge is 0.469 e. The van der Waals surface area contributed by atoms with E-state index in [2.05, 4.69) is 36.9 Å². The topological polar surface area (TPSA) is 38.8 Å². The molecule has 2 rings (SSSR count). The van der Waals surface area contributed by atoms with Crippen LogP contribution in [0.1, 0.15) is 23.1 Å². The van der Waals surface area contributed by atoms with Crippen LogP contribution < -0.4 is 0 Å². The number of morpholine rings is 1. The van der Waals surface area contributed by atoms with Gasteiger partial charge in [0.05, 0.1) is 26.2 Å². The molecule has 0 amide bonds. The lowest BCUT2D eigenvalue weighted by Crippen LogP contribution is -2.43. The van der Waals surface area contributed by atoms with E-state index in [4.69, 9.17) is 9.47 Å². The average molecular weight is 277 g/mol. The first-order chi connectivity index (χ1) is 9.58. The third-order valence-corrected chi connectivity index (χ3v) is 3.74. The Morgan fingerprint density at radius 1 is 1.45 bits per heavy atom. The van der Waals surface area contributed by atoms with Crippen molar-refractivity contribution in [1.29, 1.82) is 0 Å². The van der Waals surface area contributed by atoms with Crippen LogP contribution in [-0.4, -0.2) is 43.8 Å². The van der Waals surface area contributed by atoms with Crippen molar-refractivity contribution in [2.24, 2.45) is 0 Å². The van der Waals surface area contributed by atoms with Crippen LogP contribution in [0.25, 0.3) is 0 Å². The maximum atomic E-state index is 11.3. The lowest BCUT2D eigenvalue weighted by atomic mass is 10.0. The number of rotatable bonds is 4. The smallest absolute Gasteiger partial charge is 0.308 e. The Bertz CT molecular complexity index is 473. The molecule has 4 nitrogen and oxygen atoms in total. The molecule has 0 bridgehead atoms. The van der Waals surface area contributed by atoms with Gasteiger partial charge in [-0.05, 0) is 25.0 Å². The molecular formula is C16H23NO3. The van der Waals surface area contributed by atoms with Crippen molar-refractivity contribution < 1.29 is 14.3 Å². The van der Waals surface area contributed by atoms with Gasteiger partial charge in [0, 0.05) is 19.6 Å². The summed E-state index contributed by atoms with van der Waals surface area (Å²) < 4.78 is 10.3. The van der Waals surface area contributed by atoms with Gasteiger partial charge in [-0.15, -0.1) is 0 Å². The second kappa shape index (κ2) is 6.86. The fraction of sp³-hybridized carbons (Fsp3) is 0.562. The average Bonchev–Trinajstić information content (AvgIpc) is 2.43. The molecule has 110 valence electrons. The molecule has 1 aliphatic heterocycles. The van der Waals surface area contributed by atoms with Gasteiger partial charge in [-0.1, -0.05) is 23.8 Å². The molecule has 0 saturated carbocycles. The summed E-state index contributed by atoms with van der Waals surface area (Å²) in [6.07, 6.45) is 0.279. The molecule has 1 heterocycles. The molecule has 1 saturated heterocycles. The Balaban J connectivity index is 1.95. The van der Waals surface area contributed by atoms with Crippen molar-refractivity contribution in [1.82, 2.24) is 4.90 Å². The molecule has 1 unspecified atom stereocenters. The number of esters is 1. The molecule has 0 radical (unpaired) electrons. The summed E-state index contributed by atoms with van der Waals surface area (Å²) in [5.41, 5.74) is 3.94. The highest BCUT2D eigenvalue weighted by atomic mass is 16.5. The number of benzene rings is 1. The van der Waals surface area contributed by atoms with Gasteiger partial charge >= 0.3 is 5.97 Å². The summed E-state index contributed by atoms with van der Waals surface area (Å²) in [5, 5.41) is 0. The Hall–Kier alpha value is -1.39. The maximum absolute atomic E-state index is 11.3. The molecule has 1 aromatic carbocycles. The minimum Gasteiger partial charge on any atom is -0.469 e. The van der Waals surface area contributed by atoms with Crippen LogP contribution in [0.15, 0.2) is 18.2 Å². The van der Waals surface area contributed by atoms with Gasteiger partial charge in [0.15, 0.2) is 0 Å². The normalized spacial score (nSPS) is 19.9. The van der Waals surface area contributed by atoms with Crippen LogP contribution in [0.3, 0.4) is 0 Å². The Labute approximate surface area is 120 Å². The lowest BCUT2D eigenvalue weighted by Gasteiger charge is -2.32. The zero-order chi connectivity index (χ0) is 14.5. The highest BCUT2D eigenvalue weighted by Gasteiger charge is 2.23. The molecular weight excluding hydrogens is 254 g/mol. The van der Waals surface area contributed by atoms with E-state index in [0.29, 0.717) is 13.0 Å². The molecule has 4 heteroatoms. The highest BCUT2D eigenvalue weighted by molar-refractivity contribution is 5.69. The fourth-order valence-corrected chi connectivity index (χ4v) is 2.53. The summed E-state index contributed by atoms with van der Waals surface area (Å²) in [6, 6.07) is 6.54. The molecule has 20 heavy (non-hydrogen) atoms. The third kappa shape index (κ3) is 4.05. The third-order valence-electron chi connectivity index (χ3n) is 3.74. The van der Waals surface area contributed by atoms with Crippen LogP contribution in [0.2, 0.25) is 0 Å². The van der Waals surface area contributed by atoms with Crippen LogP contribution in [0.5, 0.6) is 0 Å². The molecule has 0 spiro atoms. The van der Waals surface area contributed by atoms with Crippen LogP contribution in [-0.2, 0) is 20.8 Å². The first-order valence-corrected chi connectivity index (χ1v) is 7.05. The highest BCUT2D eigenvalue weighted by Crippen LogP contribution is 2.16. The molecule has 0 aromatic heterocycles. The predicted octanol–water partition coefficient (Wildman–Crippen LogP) is 2.07. The van der Waals surface area contributed by atoms with Crippen LogP contribution in [0, 0.1) is 13.8 Å². The molecule has 1 aliphatic rings. The van der Waals surface area contributed by atoms with E-state index < -0.39 is 0 Å². The SMILES string of the molecule is COC(=O)CC1CN(Cc2cc(C)ccc2C)CCO1. The number of aryl methyl sites for hydroxylation is 2. The van der Waals surface area contributed by atoms with E-state index in [1.54, 1.807) is 0 Å². The standard InChI is InChI=1S/C16H23NO3/c1-12-4-5-13(2)14(8-12)10-17-6-7-20-15(11-17)9-16(18)19-3/h4-5,8,15H,6-7,9-11H2,1-3H3. The summed E-state index contributed by atoms with van der Waals surface area (Å²) in [4.78, 5) is 13.7. The van der Waals surface area contributed by atoms with Crippen molar-refractivity contribution in [3.05, 3.63) is 34.9 Å². The van der Waals surface area contributed by atoms with Gasteiger partial charge in [0.25, 0.3) is 0 Å². The number of hydrogen-bond acceptors (Lipinski definition) is 4. The van der Waals surface area contributed by atoms with E-state index >= 15 is 0 Å². The number of carbonyl (C=O) groups excluding carboxylic acids is 1. The van der Waals surface area contributed by atoms with Crippen LogP contribution >= 0.6 is 0 Å². The second-order valence-electron chi connectivity index (χ2n) is 5.44. The summed E-state index contributed by atoms with van der Waals surface area (Å²) in [7, 11) is 1.42. The number of nitrogens with zero attached hydrogens (tertiary/aromatic N) is 1. The van der Waals surface area contributed by atoms with Gasteiger partial charge in [-0.3, -0.25) is 9.69 Å². The Kier molecular flexibility index (Phi) is 5.15. The summed E-state index contributed by atoms with van der Waals surface area (Å²) in [5.74, 6) is -0.205. The number of methoxy groups -OCH3 is 1. The van der Waals surface area contributed by atoms with Crippen molar-refractivity contribution in [3.63, 3.8) is 0 Å². The summed E-state index contributed by atoms with van der Waals surface area (Å²) >= 11 is 0. The Morgan fingerprint density at radius 2 is 2.25 bits per heavy atom. The first kappa shape index (κ1) is 15.0. The molecule has 1 aromatic rings. The fourth-order valence-electron chi connectivity index (χ4n) is 2.53. The summed E-state index contributed by atoms with van der Waals surface area (Å²) in [6.45, 7) is 7.53. The van der Waals surface area contributed by atoms with E-state index in [9.17, 15) is 4.79 Å². The first-order valence-electron chi connectivity index (χ1n) is 7.05. The van der Waals surface area contributed by atoms with Crippen LogP contribution in [0.4, 0.5) is 0 Å². The van der Waals surface area contributed by atoms with Gasteiger partial charge in [-0.25, -0.2) is 0 Å². The monoisotopic (exact) mass is 277 g/mol. The zero-order valence-electron chi connectivity index (χ0n) is 12.5. The molecule has 1 atom stereocenters. The van der Waals surface area contributed by atoms with E-state index in [0.717, 1.165) is 19.6 Å². The van der Waals surface area contributed by atoms with Gasteiger partial charge < -0.3 is 9.47 Å². The predicted molar refractivity (Wildman–Crippen MR) is 77.6 cm³/mol. The number of hydrogen-bond donors (Lipinski definition) is 0. The number of carbonyl (C=O) groups is 1. The van der Waals surface area contributed by atoms with Crippen molar-refractivity contribution in [3.8, 4) is 0 Å². The molecule has 0 N–H and O–H groups in total. The zero-order valence-corrected chi connectivity index (χ0v) is 12.5. The number of ether oxygens (including phenoxy) is 2. The van der Waals surface area contributed by atoms with Gasteiger partial charge in [-0.2, -0.15) is 0 Å². The second-order valence-corrected chi connectivity index (χ2v) is 5.44. The van der Waals surface area contributed by atoms with Gasteiger partial charge in [0.2, 0.25) is 0 Å². The lowest BCUT2D eigenvalue weighted by molar-refractivity contribution is -0.145. The van der Waals surface area contributed by atoms with E-state index in [-0.39, 0.29) is 12.1 Å². The van der Waals surface area contributed by atoms with Crippen molar-refractivity contribution >= 4 is 5.97 Å². The van der Waals surface area contributed by atoms with E-state index in [1.165, 1.54) is 23.8 Å². The molecule has 1 fully saturated rings. The maximum Gasteiger partial charge on any atom is 0.308 e. The quantitative estimate of drug-likeness (QED) is 0.790. The van der Waals surface area contributed by atoms with Crippen molar-refractivity contribution in [2.75, 3.05) is 26.8 Å². The Morgan fingerprint density at radius 3 is 3.00 bits per heavy atom. The minimum atomic E-state index is -0.205.